The summed E-state index contributed by atoms with van der Waals surface area (Å²) in [4.78, 5) is 12.3. The van der Waals surface area contributed by atoms with Crippen LogP contribution >= 0.6 is 11.8 Å². The molecule has 1 saturated carbocycles. The highest BCUT2D eigenvalue weighted by Crippen LogP contribution is 2.33. The van der Waals surface area contributed by atoms with E-state index in [1.54, 1.807) is 18.2 Å². The van der Waals surface area contributed by atoms with E-state index in [1.807, 2.05) is 0 Å². The lowest BCUT2D eigenvalue weighted by Crippen LogP contribution is -2.28. The number of amides is 1. The Morgan fingerprint density at radius 3 is 2.74 bits per heavy atom. The molecule has 2 atom stereocenters. The van der Waals surface area contributed by atoms with Crippen LogP contribution < -0.4 is 5.32 Å². The number of aliphatic hydroxyl groups is 1. The first-order valence-corrected chi connectivity index (χ1v) is 6.98. The fourth-order valence-corrected chi connectivity index (χ4v) is 2.84. The van der Waals surface area contributed by atoms with Gasteiger partial charge in [-0.05, 0) is 31.4 Å². The zero-order chi connectivity index (χ0) is 13.8. The van der Waals surface area contributed by atoms with Crippen molar-refractivity contribution < 1.29 is 18.7 Å². The average Bonchev–Trinajstić information content (AvgIpc) is 2.77. The highest BCUT2D eigenvalue weighted by Gasteiger charge is 2.31. The smallest absolute Gasteiger partial charge is 0.288 e. The predicted octanol–water partition coefficient (Wildman–Crippen LogP) is 3.10. The van der Waals surface area contributed by atoms with Crippen LogP contribution in [0.25, 0.3) is 0 Å². The molecule has 1 aliphatic rings. The van der Waals surface area contributed by atoms with Gasteiger partial charge in [0, 0.05) is 4.90 Å². The molecule has 0 radical (unpaired) electrons. The number of aliphatic hydroxyl groups excluding tert-OH is 1. The first-order valence-electron chi connectivity index (χ1n) is 6.10. The Balaban J connectivity index is 2.08. The molecule has 0 aromatic heterocycles. The van der Waals surface area contributed by atoms with Gasteiger partial charge in [-0.3, -0.25) is 4.79 Å². The average molecular weight is 287 g/mol. The van der Waals surface area contributed by atoms with Crippen LogP contribution in [0.15, 0.2) is 29.2 Å². The summed E-state index contributed by atoms with van der Waals surface area (Å²) < 4.78 is 24.8. The fourth-order valence-electron chi connectivity index (χ4n) is 2.24. The Bertz CT molecular complexity index is 456. The molecule has 0 bridgehead atoms. The summed E-state index contributed by atoms with van der Waals surface area (Å²) in [6.07, 6.45) is 1.44. The van der Waals surface area contributed by atoms with Crippen LogP contribution in [-0.2, 0) is 4.79 Å². The van der Waals surface area contributed by atoms with Gasteiger partial charge in [-0.15, -0.1) is 0 Å². The van der Waals surface area contributed by atoms with Crippen LogP contribution in [0.2, 0.25) is 0 Å². The van der Waals surface area contributed by atoms with Crippen LogP contribution in [0, 0.1) is 5.92 Å². The van der Waals surface area contributed by atoms with E-state index < -0.39 is 17.8 Å². The van der Waals surface area contributed by atoms with Crippen molar-refractivity contribution in [3.05, 3.63) is 24.3 Å². The number of rotatable bonds is 4. The first-order chi connectivity index (χ1) is 9.08. The highest BCUT2D eigenvalue weighted by atomic mass is 32.2. The van der Waals surface area contributed by atoms with Crippen LogP contribution in [0.1, 0.15) is 19.3 Å². The number of hydrogen-bond donors (Lipinski definition) is 2. The second-order valence-electron chi connectivity index (χ2n) is 4.47. The maximum atomic E-state index is 12.4. The third-order valence-corrected chi connectivity index (χ3v) is 3.97. The molecule has 1 fully saturated rings. The monoisotopic (exact) mass is 287 g/mol. The van der Waals surface area contributed by atoms with Crippen molar-refractivity contribution in [2.24, 2.45) is 5.92 Å². The largest absolute Gasteiger partial charge is 0.392 e. The van der Waals surface area contributed by atoms with Gasteiger partial charge in [0.2, 0.25) is 5.91 Å². The number of nitrogens with one attached hydrogen (secondary N) is 1. The molecular formula is C13H15F2NO2S. The van der Waals surface area contributed by atoms with Crippen molar-refractivity contribution >= 4 is 23.4 Å². The molecule has 2 N–H and O–H groups in total. The van der Waals surface area contributed by atoms with Gasteiger partial charge in [-0.1, -0.05) is 23.9 Å². The van der Waals surface area contributed by atoms with E-state index in [2.05, 4.69) is 5.32 Å². The minimum atomic E-state index is -2.53. The first kappa shape index (κ1) is 14.3. The van der Waals surface area contributed by atoms with Crippen molar-refractivity contribution in [2.75, 3.05) is 5.32 Å². The second-order valence-corrected chi connectivity index (χ2v) is 5.50. The predicted molar refractivity (Wildman–Crippen MR) is 70.3 cm³/mol. The van der Waals surface area contributed by atoms with Crippen molar-refractivity contribution in [2.45, 2.75) is 36.0 Å². The van der Waals surface area contributed by atoms with E-state index in [1.165, 1.54) is 6.07 Å². The number of halogens is 2. The molecule has 1 aromatic carbocycles. The van der Waals surface area contributed by atoms with E-state index in [4.69, 9.17) is 0 Å². The van der Waals surface area contributed by atoms with Crippen LogP contribution in [0.4, 0.5) is 14.5 Å². The lowest BCUT2D eigenvalue weighted by Gasteiger charge is -2.16. The van der Waals surface area contributed by atoms with Gasteiger partial charge in [-0.25, -0.2) is 0 Å². The molecular weight excluding hydrogens is 272 g/mol. The number of para-hydroxylation sites is 1. The van der Waals surface area contributed by atoms with Crippen molar-refractivity contribution in [3.63, 3.8) is 0 Å². The molecule has 0 aliphatic heterocycles. The Morgan fingerprint density at radius 2 is 2.11 bits per heavy atom. The zero-order valence-electron chi connectivity index (χ0n) is 10.2. The highest BCUT2D eigenvalue weighted by molar-refractivity contribution is 7.99. The molecule has 1 amide bonds. The number of carbonyl (C=O) groups is 1. The van der Waals surface area contributed by atoms with Gasteiger partial charge in [0.05, 0.1) is 17.7 Å². The Hall–Kier alpha value is -1.14. The summed E-state index contributed by atoms with van der Waals surface area (Å²) in [5.41, 5.74) is 0.372. The maximum absolute atomic E-state index is 12.4. The van der Waals surface area contributed by atoms with Crippen molar-refractivity contribution in [1.82, 2.24) is 0 Å². The molecule has 1 aromatic rings. The molecule has 2 rings (SSSR count). The number of thioether (sulfide) groups is 1. The zero-order valence-corrected chi connectivity index (χ0v) is 11.0. The Labute approximate surface area is 114 Å². The summed E-state index contributed by atoms with van der Waals surface area (Å²) in [6, 6.07) is 6.45. The van der Waals surface area contributed by atoms with E-state index >= 15 is 0 Å². The molecule has 3 nitrogen and oxygen atoms in total. The summed E-state index contributed by atoms with van der Waals surface area (Å²) in [5, 5.41) is 12.3. The minimum absolute atomic E-state index is 0.299. The van der Waals surface area contributed by atoms with Crippen LogP contribution in [-0.4, -0.2) is 22.9 Å². The van der Waals surface area contributed by atoms with Crippen LogP contribution in [0.3, 0.4) is 0 Å². The molecule has 1 aliphatic carbocycles. The minimum Gasteiger partial charge on any atom is -0.392 e. The molecule has 104 valence electrons. The molecule has 2 unspecified atom stereocenters. The number of hydrogen-bond acceptors (Lipinski definition) is 3. The third kappa shape index (κ3) is 3.67. The topological polar surface area (TPSA) is 49.3 Å². The maximum Gasteiger partial charge on any atom is 0.288 e. The van der Waals surface area contributed by atoms with Gasteiger partial charge in [0.1, 0.15) is 0 Å². The lowest BCUT2D eigenvalue weighted by molar-refractivity contribution is -0.122. The van der Waals surface area contributed by atoms with E-state index in [-0.39, 0.29) is 5.91 Å². The van der Waals surface area contributed by atoms with E-state index in [0.717, 1.165) is 6.42 Å². The van der Waals surface area contributed by atoms with Gasteiger partial charge in [0.15, 0.2) is 0 Å². The quantitative estimate of drug-likeness (QED) is 0.837. The molecule has 0 spiro atoms. The van der Waals surface area contributed by atoms with Gasteiger partial charge in [0.25, 0.3) is 5.76 Å². The van der Waals surface area contributed by atoms with Crippen LogP contribution in [0.5, 0.6) is 0 Å². The molecule has 0 saturated heterocycles. The molecule has 19 heavy (non-hydrogen) atoms. The standard InChI is InChI=1S/C13H15F2NO2S/c14-13(15)19-11-7-2-1-5-9(11)16-12(18)8-4-3-6-10(8)17/h1-2,5,7-8,10,13,17H,3-4,6H2,(H,16,18). The number of alkyl halides is 2. The summed E-state index contributed by atoms with van der Waals surface area (Å²) in [7, 11) is 0. The van der Waals surface area contributed by atoms with E-state index in [9.17, 15) is 18.7 Å². The number of benzene rings is 1. The molecule has 0 heterocycles. The summed E-state index contributed by atoms with van der Waals surface area (Å²) >= 11 is 0.400. The number of anilines is 1. The van der Waals surface area contributed by atoms with Crippen molar-refractivity contribution in [1.29, 1.82) is 0 Å². The normalized spacial score (nSPS) is 22.7. The van der Waals surface area contributed by atoms with Gasteiger partial charge >= 0.3 is 0 Å². The second kappa shape index (κ2) is 6.34. The fraction of sp³-hybridized carbons (Fsp3) is 0.462. The summed E-state index contributed by atoms with van der Waals surface area (Å²) in [5.74, 6) is -3.27. The Kier molecular flexibility index (Phi) is 4.76. The lowest BCUT2D eigenvalue weighted by atomic mass is 10.1. The van der Waals surface area contributed by atoms with Gasteiger partial charge < -0.3 is 10.4 Å². The number of carbonyl (C=O) groups excluding carboxylic acids is 1. The Morgan fingerprint density at radius 1 is 1.37 bits per heavy atom. The summed E-state index contributed by atoms with van der Waals surface area (Å²) in [6.45, 7) is 0. The molecule has 6 heteroatoms. The third-order valence-electron chi connectivity index (χ3n) is 3.18. The van der Waals surface area contributed by atoms with E-state index in [0.29, 0.717) is 35.2 Å². The SMILES string of the molecule is O=C(Nc1ccccc1SC(F)F)C1CCCC1O. The van der Waals surface area contributed by atoms with Crippen molar-refractivity contribution in [3.8, 4) is 0 Å². The van der Waals surface area contributed by atoms with Gasteiger partial charge in [-0.2, -0.15) is 8.78 Å².